The van der Waals surface area contributed by atoms with Crippen molar-refractivity contribution in [1.29, 1.82) is 0 Å². The standard InChI is InChI=1S/C13H15ClN2O3/c1-8(12(17)18)9-6-16(7-9)13(19)15-11-5-3-2-4-10(11)14/h2-5,8-9H,6-7H2,1H3,(H,15,19)(H,17,18). The van der Waals surface area contributed by atoms with E-state index < -0.39 is 11.9 Å². The van der Waals surface area contributed by atoms with Crippen molar-refractivity contribution in [3.8, 4) is 0 Å². The summed E-state index contributed by atoms with van der Waals surface area (Å²) >= 11 is 5.94. The SMILES string of the molecule is CC(C(=O)O)C1CN(C(=O)Nc2ccccc2Cl)C1. The van der Waals surface area contributed by atoms with E-state index in [-0.39, 0.29) is 11.9 Å². The molecule has 102 valence electrons. The monoisotopic (exact) mass is 282 g/mol. The van der Waals surface area contributed by atoms with Crippen LogP contribution >= 0.6 is 11.6 Å². The van der Waals surface area contributed by atoms with E-state index in [1.807, 2.05) is 0 Å². The molecule has 0 bridgehead atoms. The highest BCUT2D eigenvalue weighted by Gasteiger charge is 2.37. The van der Waals surface area contributed by atoms with Gasteiger partial charge in [-0.3, -0.25) is 4.79 Å². The lowest BCUT2D eigenvalue weighted by Crippen LogP contribution is -2.54. The maximum Gasteiger partial charge on any atom is 0.321 e. The van der Waals surface area contributed by atoms with Crippen molar-refractivity contribution < 1.29 is 14.7 Å². The minimum absolute atomic E-state index is 0.0227. The summed E-state index contributed by atoms with van der Waals surface area (Å²) in [6, 6.07) is 6.74. The van der Waals surface area contributed by atoms with Crippen molar-refractivity contribution in [2.24, 2.45) is 11.8 Å². The first-order valence-corrected chi connectivity index (χ1v) is 6.40. The van der Waals surface area contributed by atoms with Crippen LogP contribution in [0.5, 0.6) is 0 Å². The molecule has 1 aliphatic heterocycles. The Kier molecular flexibility index (Phi) is 3.95. The van der Waals surface area contributed by atoms with Crippen LogP contribution in [0.15, 0.2) is 24.3 Å². The van der Waals surface area contributed by atoms with Gasteiger partial charge in [0.25, 0.3) is 0 Å². The lowest BCUT2D eigenvalue weighted by Gasteiger charge is -2.41. The Hall–Kier alpha value is -1.75. The number of urea groups is 1. The number of carbonyl (C=O) groups excluding carboxylic acids is 1. The molecule has 1 aromatic rings. The third kappa shape index (κ3) is 2.98. The number of halogens is 1. The van der Waals surface area contributed by atoms with Gasteiger partial charge in [-0.05, 0) is 12.1 Å². The Bertz CT molecular complexity index is 500. The molecule has 0 aromatic heterocycles. The molecule has 2 rings (SSSR count). The highest BCUT2D eigenvalue weighted by atomic mass is 35.5. The van der Waals surface area contributed by atoms with Crippen LogP contribution in [0.3, 0.4) is 0 Å². The predicted octanol–water partition coefficient (Wildman–Crippen LogP) is 2.52. The average Bonchev–Trinajstić information content (AvgIpc) is 2.30. The number of hydrogen-bond acceptors (Lipinski definition) is 2. The van der Waals surface area contributed by atoms with Crippen LogP contribution in [0.25, 0.3) is 0 Å². The maximum atomic E-state index is 11.9. The van der Waals surface area contributed by atoms with Gasteiger partial charge in [-0.25, -0.2) is 4.79 Å². The minimum Gasteiger partial charge on any atom is -0.481 e. The summed E-state index contributed by atoms with van der Waals surface area (Å²) in [6.07, 6.45) is 0. The summed E-state index contributed by atoms with van der Waals surface area (Å²) in [5, 5.41) is 12.1. The fraction of sp³-hybridized carbons (Fsp3) is 0.385. The van der Waals surface area contributed by atoms with Gasteiger partial charge in [0.15, 0.2) is 0 Å². The van der Waals surface area contributed by atoms with Crippen LogP contribution in [-0.2, 0) is 4.79 Å². The molecule has 1 aliphatic rings. The molecule has 1 saturated heterocycles. The van der Waals surface area contributed by atoms with Crippen molar-refractivity contribution in [3.63, 3.8) is 0 Å². The molecule has 19 heavy (non-hydrogen) atoms. The highest BCUT2D eigenvalue weighted by Crippen LogP contribution is 2.26. The number of carboxylic acid groups (broad SMARTS) is 1. The number of likely N-dealkylation sites (tertiary alicyclic amines) is 1. The summed E-state index contributed by atoms with van der Waals surface area (Å²) in [6.45, 7) is 2.59. The number of para-hydroxylation sites is 1. The number of amides is 2. The maximum absolute atomic E-state index is 11.9. The minimum atomic E-state index is -0.823. The smallest absolute Gasteiger partial charge is 0.321 e. The van der Waals surface area contributed by atoms with Gasteiger partial charge in [0.1, 0.15) is 0 Å². The number of carboxylic acids is 1. The molecule has 1 fully saturated rings. The Morgan fingerprint density at radius 1 is 1.42 bits per heavy atom. The zero-order valence-electron chi connectivity index (χ0n) is 10.5. The number of rotatable bonds is 3. The van der Waals surface area contributed by atoms with E-state index in [9.17, 15) is 9.59 Å². The number of hydrogen-bond donors (Lipinski definition) is 2. The van der Waals surface area contributed by atoms with E-state index >= 15 is 0 Å². The largest absolute Gasteiger partial charge is 0.481 e. The first-order valence-electron chi connectivity index (χ1n) is 6.02. The second-order valence-electron chi connectivity index (χ2n) is 4.70. The van der Waals surface area contributed by atoms with Crippen molar-refractivity contribution in [2.45, 2.75) is 6.92 Å². The molecular weight excluding hydrogens is 268 g/mol. The molecular formula is C13H15ClN2O3. The van der Waals surface area contributed by atoms with E-state index in [0.29, 0.717) is 23.8 Å². The Morgan fingerprint density at radius 2 is 2.05 bits per heavy atom. The first kappa shape index (κ1) is 13.7. The molecule has 5 nitrogen and oxygen atoms in total. The van der Waals surface area contributed by atoms with Crippen LogP contribution in [0, 0.1) is 11.8 Å². The van der Waals surface area contributed by atoms with Gasteiger partial charge in [-0.2, -0.15) is 0 Å². The molecule has 6 heteroatoms. The lowest BCUT2D eigenvalue weighted by atomic mass is 9.87. The number of nitrogens with zero attached hydrogens (tertiary/aromatic N) is 1. The molecule has 0 radical (unpaired) electrons. The predicted molar refractivity (Wildman–Crippen MR) is 72.3 cm³/mol. The summed E-state index contributed by atoms with van der Waals surface area (Å²) in [5.74, 6) is -1.23. The van der Waals surface area contributed by atoms with Gasteiger partial charge in [0, 0.05) is 19.0 Å². The second kappa shape index (κ2) is 5.48. The van der Waals surface area contributed by atoms with Crippen LogP contribution in [0.4, 0.5) is 10.5 Å². The summed E-state index contributed by atoms with van der Waals surface area (Å²) in [7, 11) is 0. The van der Waals surface area contributed by atoms with Crippen LogP contribution in [-0.4, -0.2) is 35.1 Å². The molecule has 0 aliphatic carbocycles. The number of carbonyl (C=O) groups is 2. The molecule has 0 saturated carbocycles. The average molecular weight is 283 g/mol. The summed E-state index contributed by atoms with van der Waals surface area (Å²) in [4.78, 5) is 24.3. The molecule has 2 N–H and O–H groups in total. The third-order valence-corrected chi connectivity index (χ3v) is 3.74. The van der Waals surface area contributed by atoms with E-state index in [1.165, 1.54) is 0 Å². The third-order valence-electron chi connectivity index (χ3n) is 3.41. The fourth-order valence-corrected chi connectivity index (χ4v) is 2.14. The Labute approximate surface area is 116 Å². The number of aliphatic carboxylic acids is 1. The molecule has 1 atom stereocenters. The van der Waals surface area contributed by atoms with Gasteiger partial charge in [-0.15, -0.1) is 0 Å². The molecule has 1 heterocycles. The Morgan fingerprint density at radius 3 is 2.63 bits per heavy atom. The van der Waals surface area contributed by atoms with Crippen molar-refractivity contribution in [3.05, 3.63) is 29.3 Å². The lowest BCUT2D eigenvalue weighted by molar-refractivity contribution is -0.144. The fourth-order valence-electron chi connectivity index (χ4n) is 1.95. The number of nitrogens with one attached hydrogen (secondary N) is 1. The van der Waals surface area contributed by atoms with Gasteiger partial charge >= 0.3 is 12.0 Å². The molecule has 1 unspecified atom stereocenters. The van der Waals surface area contributed by atoms with E-state index in [1.54, 1.807) is 36.1 Å². The van der Waals surface area contributed by atoms with Crippen LogP contribution in [0.1, 0.15) is 6.92 Å². The summed E-state index contributed by atoms with van der Waals surface area (Å²) in [5.41, 5.74) is 0.559. The van der Waals surface area contributed by atoms with Gasteiger partial charge in [0.05, 0.1) is 16.6 Å². The van der Waals surface area contributed by atoms with Crippen LogP contribution < -0.4 is 5.32 Å². The van der Waals surface area contributed by atoms with Gasteiger partial charge in [-0.1, -0.05) is 30.7 Å². The molecule has 0 spiro atoms. The van der Waals surface area contributed by atoms with E-state index in [2.05, 4.69) is 5.32 Å². The number of benzene rings is 1. The van der Waals surface area contributed by atoms with Crippen molar-refractivity contribution in [1.82, 2.24) is 4.90 Å². The summed E-state index contributed by atoms with van der Waals surface area (Å²) < 4.78 is 0. The van der Waals surface area contributed by atoms with E-state index in [0.717, 1.165) is 0 Å². The van der Waals surface area contributed by atoms with Crippen molar-refractivity contribution in [2.75, 3.05) is 18.4 Å². The van der Waals surface area contributed by atoms with Gasteiger partial charge in [0.2, 0.25) is 0 Å². The quantitative estimate of drug-likeness (QED) is 0.895. The topological polar surface area (TPSA) is 69.6 Å². The Balaban J connectivity index is 1.87. The second-order valence-corrected chi connectivity index (χ2v) is 5.11. The zero-order chi connectivity index (χ0) is 14.0. The van der Waals surface area contributed by atoms with Crippen molar-refractivity contribution >= 4 is 29.3 Å². The van der Waals surface area contributed by atoms with Crippen LogP contribution in [0.2, 0.25) is 5.02 Å². The zero-order valence-corrected chi connectivity index (χ0v) is 11.2. The molecule has 1 aromatic carbocycles. The first-order chi connectivity index (χ1) is 8.99. The highest BCUT2D eigenvalue weighted by molar-refractivity contribution is 6.33. The van der Waals surface area contributed by atoms with Gasteiger partial charge < -0.3 is 15.3 Å². The number of anilines is 1. The van der Waals surface area contributed by atoms with E-state index in [4.69, 9.17) is 16.7 Å². The normalized spacial score (nSPS) is 16.6. The molecule has 2 amide bonds.